The second-order valence-electron chi connectivity index (χ2n) is 4.60. The lowest BCUT2D eigenvalue weighted by atomic mass is 10.1. The highest BCUT2D eigenvalue weighted by molar-refractivity contribution is 5.30. The number of rotatable bonds is 5. The Bertz CT molecular complexity index is 551. The number of aryl methyl sites for hydroxylation is 1. The van der Waals surface area contributed by atoms with Crippen LogP contribution in [0.2, 0.25) is 0 Å². The van der Waals surface area contributed by atoms with Crippen LogP contribution in [0, 0.1) is 5.82 Å². The highest BCUT2D eigenvalue weighted by Crippen LogP contribution is 2.21. The van der Waals surface area contributed by atoms with E-state index in [0.29, 0.717) is 13.0 Å². The molecule has 1 aromatic carbocycles. The molecule has 102 valence electrons. The molecule has 19 heavy (non-hydrogen) atoms. The van der Waals surface area contributed by atoms with Gasteiger partial charge in [-0.2, -0.15) is 5.10 Å². The average molecular weight is 263 g/mol. The summed E-state index contributed by atoms with van der Waals surface area (Å²) in [6.45, 7) is 2.23. The molecular weight excluding hydrogens is 245 g/mol. The second-order valence-corrected chi connectivity index (χ2v) is 4.60. The molecule has 4 nitrogen and oxygen atoms in total. The van der Waals surface area contributed by atoms with Crippen LogP contribution in [-0.4, -0.2) is 16.4 Å². The van der Waals surface area contributed by atoms with Gasteiger partial charge in [-0.25, -0.2) is 4.39 Å². The minimum Gasteiger partial charge on any atom is -0.490 e. The van der Waals surface area contributed by atoms with Gasteiger partial charge in [-0.3, -0.25) is 4.68 Å². The zero-order valence-corrected chi connectivity index (χ0v) is 11.1. The molecule has 0 bridgehead atoms. The first-order valence-corrected chi connectivity index (χ1v) is 6.21. The van der Waals surface area contributed by atoms with E-state index in [4.69, 9.17) is 10.5 Å². The summed E-state index contributed by atoms with van der Waals surface area (Å²) in [4.78, 5) is 0. The maximum absolute atomic E-state index is 13.7. The van der Waals surface area contributed by atoms with Crippen molar-refractivity contribution in [2.45, 2.75) is 19.4 Å². The third-order valence-electron chi connectivity index (χ3n) is 2.89. The number of halogens is 1. The maximum Gasteiger partial charge on any atom is 0.165 e. The number of hydrogen-bond donors (Lipinski definition) is 1. The van der Waals surface area contributed by atoms with Crippen molar-refractivity contribution in [3.05, 3.63) is 47.5 Å². The third-order valence-corrected chi connectivity index (χ3v) is 2.89. The molecule has 0 fully saturated rings. The quantitative estimate of drug-likeness (QED) is 0.899. The summed E-state index contributed by atoms with van der Waals surface area (Å²) in [7, 11) is 1.86. The molecular formula is C14H18FN3O. The second kappa shape index (κ2) is 5.84. The van der Waals surface area contributed by atoms with E-state index in [-0.39, 0.29) is 17.6 Å². The molecule has 2 rings (SSSR count). The Morgan fingerprint density at radius 3 is 2.84 bits per heavy atom. The topological polar surface area (TPSA) is 53.1 Å². The Morgan fingerprint density at radius 2 is 2.26 bits per heavy atom. The first kappa shape index (κ1) is 13.5. The lowest BCUT2D eigenvalue weighted by Gasteiger charge is -2.10. The van der Waals surface area contributed by atoms with E-state index in [1.165, 1.54) is 6.07 Å². The number of nitrogens with zero attached hydrogens (tertiary/aromatic N) is 2. The smallest absolute Gasteiger partial charge is 0.165 e. The van der Waals surface area contributed by atoms with E-state index < -0.39 is 0 Å². The number of hydrogen-bond acceptors (Lipinski definition) is 3. The zero-order chi connectivity index (χ0) is 13.8. The molecule has 0 spiro atoms. The molecule has 1 heterocycles. The largest absolute Gasteiger partial charge is 0.490 e. The molecule has 5 heteroatoms. The Balaban J connectivity index is 1.92. The van der Waals surface area contributed by atoms with E-state index in [1.807, 2.05) is 20.2 Å². The van der Waals surface area contributed by atoms with Crippen molar-refractivity contribution < 1.29 is 9.13 Å². The van der Waals surface area contributed by atoms with Crippen LogP contribution in [0.25, 0.3) is 0 Å². The van der Waals surface area contributed by atoms with Crippen LogP contribution in [0.4, 0.5) is 4.39 Å². The Hall–Kier alpha value is -1.88. The number of nitrogens with two attached hydrogens (primary N) is 1. The highest BCUT2D eigenvalue weighted by atomic mass is 19.1. The SMILES string of the molecule is C[C@H](N)c1ccc(OCCc2cnn(C)c2)c(F)c1. The summed E-state index contributed by atoms with van der Waals surface area (Å²) >= 11 is 0. The third kappa shape index (κ3) is 3.54. The first-order chi connectivity index (χ1) is 9.06. The van der Waals surface area contributed by atoms with E-state index in [9.17, 15) is 4.39 Å². The van der Waals surface area contributed by atoms with Gasteiger partial charge in [-0.1, -0.05) is 6.07 Å². The van der Waals surface area contributed by atoms with Gasteiger partial charge in [0.2, 0.25) is 0 Å². The van der Waals surface area contributed by atoms with Crippen molar-refractivity contribution in [2.75, 3.05) is 6.61 Å². The van der Waals surface area contributed by atoms with Crippen LogP contribution in [0.3, 0.4) is 0 Å². The molecule has 0 radical (unpaired) electrons. The summed E-state index contributed by atoms with van der Waals surface area (Å²) < 4.78 is 20.9. The van der Waals surface area contributed by atoms with Crippen LogP contribution in [0.15, 0.2) is 30.6 Å². The van der Waals surface area contributed by atoms with Crippen LogP contribution in [-0.2, 0) is 13.5 Å². The fraction of sp³-hybridized carbons (Fsp3) is 0.357. The highest BCUT2D eigenvalue weighted by Gasteiger charge is 2.07. The zero-order valence-electron chi connectivity index (χ0n) is 11.1. The van der Waals surface area contributed by atoms with Crippen LogP contribution in [0.1, 0.15) is 24.1 Å². The van der Waals surface area contributed by atoms with Crippen LogP contribution >= 0.6 is 0 Å². The van der Waals surface area contributed by atoms with Crippen molar-refractivity contribution in [3.8, 4) is 5.75 Å². The van der Waals surface area contributed by atoms with Gasteiger partial charge in [0.05, 0.1) is 12.8 Å². The van der Waals surface area contributed by atoms with Gasteiger partial charge in [-0.15, -0.1) is 0 Å². The molecule has 1 aromatic heterocycles. The van der Waals surface area contributed by atoms with Crippen molar-refractivity contribution >= 4 is 0 Å². The molecule has 0 aliphatic heterocycles. The van der Waals surface area contributed by atoms with Gasteiger partial charge >= 0.3 is 0 Å². The van der Waals surface area contributed by atoms with E-state index in [1.54, 1.807) is 23.0 Å². The molecule has 0 amide bonds. The van der Waals surface area contributed by atoms with Crippen molar-refractivity contribution in [3.63, 3.8) is 0 Å². The maximum atomic E-state index is 13.7. The summed E-state index contributed by atoms with van der Waals surface area (Å²) in [5.41, 5.74) is 7.52. The Labute approximate surface area is 112 Å². The van der Waals surface area contributed by atoms with Crippen molar-refractivity contribution in [2.24, 2.45) is 12.8 Å². The number of aromatic nitrogens is 2. The minimum atomic E-state index is -0.374. The van der Waals surface area contributed by atoms with Gasteiger partial charge in [-0.05, 0) is 30.2 Å². The lowest BCUT2D eigenvalue weighted by molar-refractivity contribution is 0.305. The summed E-state index contributed by atoms with van der Waals surface area (Å²) in [5, 5.41) is 4.06. The van der Waals surface area contributed by atoms with Crippen molar-refractivity contribution in [1.29, 1.82) is 0 Å². The molecule has 2 aromatic rings. The normalized spacial score (nSPS) is 12.4. The predicted molar refractivity (Wildman–Crippen MR) is 71.4 cm³/mol. The predicted octanol–water partition coefficient (Wildman–Crippen LogP) is 2.20. The summed E-state index contributed by atoms with van der Waals surface area (Å²) in [5.74, 6) is -0.116. The van der Waals surface area contributed by atoms with Crippen LogP contribution < -0.4 is 10.5 Å². The number of benzene rings is 1. The fourth-order valence-electron chi connectivity index (χ4n) is 1.80. The summed E-state index contributed by atoms with van der Waals surface area (Å²) in [6.07, 6.45) is 4.39. The monoisotopic (exact) mass is 263 g/mol. The Kier molecular flexibility index (Phi) is 4.16. The molecule has 1 atom stereocenters. The van der Waals surface area contributed by atoms with Gasteiger partial charge in [0, 0.05) is 25.7 Å². The van der Waals surface area contributed by atoms with E-state index in [0.717, 1.165) is 11.1 Å². The van der Waals surface area contributed by atoms with Gasteiger partial charge in [0.15, 0.2) is 11.6 Å². The molecule has 0 unspecified atom stereocenters. The minimum absolute atomic E-state index is 0.182. The van der Waals surface area contributed by atoms with Crippen LogP contribution in [0.5, 0.6) is 5.75 Å². The first-order valence-electron chi connectivity index (χ1n) is 6.21. The van der Waals surface area contributed by atoms with E-state index >= 15 is 0 Å². The molecule has 0 aliphatic rings. The van der Waals surface area contributed by atoms with Gasteiger partial charge < -0.3 is 10.5 Å². The molecule has 0 aliphatic carbocycles. The standard InChI is InChI=1S/C14H18FN3O/c1-10(16)12-3-4-14(13(15)7-12)19-6-5-11-8-17-18(2)9-11/h3-4,7-10H,5-6,16H2,1-2H3/t10-/m0/s1. The van der Waals surface area contributed by atoms with Gasteiger partial charge in [0.25, 0.3) is 0 Å². The molecule has 2 N–H and O–H groups in total. The summed E-state index contributed by atoms with van der Waals surface area (Å²) in [6, 6.07) is 4.65. The number of ether oxygens (including phenoxy) is 1. The van der Waals surface area contributed by atoms with Crippen molar-refractivity contribution in [1.82, 2.24) is 9.78 Å². The van der Waals surface area contributed by atoms with Gasteiger partial charge in [0.1, 0.15) is 0 Å². The molecule has 0 saturated carbocycles. The fourth-order valence-corrected chi connectivity index (χ4v) is 1.80. The van der Waals surface area contributed by atoms with E-state index in [2.05, 4.69) is 5.10 Å². The Morgan fingerprint density at radius 1 is 1.47 bits per heavy atom. The average Bonchev–Trinajstić information content (AvgIpc) is 2.77. The molecule has 0 saturated heterocycles. The lowest BCUT2D eigenvalue weighted by Crippen LogP contribution is -2.07.